The summed E-state index contributed by atoms with van der Waals surface area (Å²) in [7, 11) is 0. The lowest BCUT2D eigenvalue weighted by Crippen LogP contribution is -1.97. The highest BCUT2D eigenvalue weighted by Crippen LogP contribution is 2.20. The molecule has 0 aliphatic rings. The molecule has 4 nitrogen and oxygen atoms in total. The molecule has 0 saturated heterocycles. The van der Waals surface area contributed by atoms with E-state index >= 15 is 0 Å². The van der Waals surface area contributed by atoms with Crippen LogP contribution in [0.1, 0.15) is 0 Å². The predicted octanol–water partition coefficient (Wildman–Crippen LogP) is 3.13. The van der Waals surface area contributed by atoms with Gasteiger partial charge in [-0.25, -0.2) is 9.97 Å². The maximum Gasteiger partial charge on any atom is 0.181 e. The molecular weight excluding hydrogens is 236 g/mol. The number of aromatic nitrogens is 3. The SMILES string of the molecule is Clc1cnc2c(Nc3ccccc3)nccn12. The summed E-state index contributed by atoms with van der Waals surface area (Å²) >= 11 is 5.99. The molecule has 0 aliphatic heterocycles. The van der Waals surface area contributed by atoms with Gasteiger partial charge < -0.3 is 5.32 Å². The van der Waals surface area contributed by atoms with E-state index in [0.717, 1.165) is 5.69 Å². The van der Waals surface area contributed by atoms with Crippen molar-refractivity contribution in [1.29, 1.82) is 0 Å². The fraction of sp³-hybridized carbons (Fsp3) is 0. The highest BCUT2D eigenvalue weighted by Gasteiger charge is 2.06. The van der Waals surface area contributed by atoms with Crippen molar-refractivity contribution in [3.8, 4) is 0 Å². The number of nitrogens with one attached hydrogen (secondary N) is 1. The van der Waals surface area contributed by atoms with Crippen LogP contribution in [-0.2, 0) is 0 Å². The standard InChI is InChI=1S/C12H9ClN4/c13-10-8-15-12-11(14-6-7-17(10)12)16-9-4-2-1-3-5-9/h1-8H,(H,14,16). The minimum absolute atomic E-state index is 0.568. The van der Waals surface area contributed by atoms with E-state index in [1.165, 1.54) is 0 Å². The van der Waals surface area contributed by atoms with Crippen molar-refractivity contribution in [3.63, 3.8) is 0 Å². The summed E-state index contributed by atoms with van der Waals surface area (Å²) in [6.45, 7) is 0. The fourth-order valence-electron chi connectivity index (χ4n) is 1.64. The predicted molar refractivity (Wildman–Crippen MR) is 67.7 cm³/mol. The first kappa shape index (κ1) is 10.1. The maximum atomic E-state index is 5.99. The van der Waals surface area contributed by atoms with Gasteiger partial charge in [-0.05, 0) is 12.1 Å². The van der Waals surface area contributed by atoms with E-state index in [4.69, 9.17) is 11.6 Å². The monoisotopic (exact) mass is 244 g/mol. The van der Waals surface area contributed by atoms with Gasteiger partial charge in [0.25, 0.3) is 0 Å². The lowest BCUT2D eigenvalue weighted by molar-refractivity contribution is 1.13. The number of para-hydroxylation sites is 1. The van der Waals surface area contributed by atoms with E-state index in [1.54, 1.807) is 23.0 Å². The van der Waals surface area contributed by atoms with Crippen molar-refractivity contribution in [2.45, 2.75) is 0 Å². The zero-order valence-electron chi connectivity index (χ0n) is 8.84. The lowest BCUT2D eigenvalue weighted by atomic mass is 10.3. The Morgan fingerprint density at radius 1 is 1.12 bits per heavy atom. The van der Waals surface area contributed by atoms with Crippen molar-refractivity contribution < 1.29 is 0 Å². The lowest BCUT2D eigenvalue weighted by Gasteiger charge is -2.06. The number of nitrogens with zero attached hydrogens (tertiary/aromatic N) is 3. The molecule has 0 unspecified atom stereocenters. The zero-order valence-corrected chi connectivity index (χ0v) is 9.59. The van der Waals surface area contributed by atoms with E-state index in [9.17, 15) is 0 Å². The molecule has 3 aromatic rings. The number of imidazole rings is 1. The molecular formula is C12H9ClN4. The molecule has 84 valence electrons. The highest BCUT2D eigenvalue weighted by molar-refractivity contribution is 6.29. The van der Waals surface area contributed by atoms with Crippen LogP contribution in [0.25, 0.3) is 5.65 Å². The van der Waals surface area contributed by atoms with Gasteiger partial charge in [0, 0.05) is 18.1 Å². The summed E-state index contributed by atoms with van der Waals surface area (Å²) in [5, 5.41) is 3.78. The Kier molecular flexibility index (Phi) is 2.42. The molecule has 3 rings (SSSR count). The second-order valence-corrected chi connectivity index (χ2v) is 3.93. The molecule has 0 amide bonds. The zero-order chi connectivity index (χ0) is 11.7. The summed E-state index contributed by atoms with van der Waals surface area (Å²) in [5.74, 6) is 0.686. The highest BCUT2D eigenvalue weighted by atomic mass is 35.5. The minimum atomic E-state index is 0.568. The molecule has 2 aromatic heterocycles. The van der Waals surface area contributed by atoms with Gasteiger partial charge in [-0.3, -0.25) is 4.40 Å². The number of hydrogen-bond acceptors (Lipinski definition) is 3. The number of hydrogen-bond donors (Lipinski definition) is 1. The molecule has 1 N–H and O–H groups in total. The maximum absolute atomic E-state index is 5.99. The Morgan fingerprint density at radius 2 is 1.94 bits per heavy atom. The molecule has 0 radical (unpaired) electrons. The summed E-state index contributed by atoms with van der Waals surface area (Å²) in [6, 6.07) is 9.82. The first-order chi connectivity index (χ1) is 8.34. The Morgan fingerprint density at radius 3 is 2.76 bits per heavy atom. The van der Waals surface area contributed by atoms with Crippen LogP contribution < -0.4 is 5.32 Å². The normalized spacial score (nSPS) is 10.6. The third-order valence-corrected chi connectivity index (χ3v) is 2.70. The first-order valence-electron chi connectivity index (χ1n) is 5.14. The van der Waals surface area contributed by atoms with Crippen LogP contribution in [-0.4, -0.2) is 14.4 Å². The topological polar surface area (TPSA) is 42.2 Å². The van der Waals surface area contributed by atoms with Crippen molar-refractivity contribution in [3.05, 3.63) is 54.1 Å². The molecule has 17 heavy (non-hydrogen) atoms. The average molecular weight is 245 g/mol. The second kappa shape index (κ2) is 4.07. The van der Waals surface area contributed by atoms with Gasteiger partial charge in [0.1, 0.15) is 5.15 Å². The average Bonchev–Trinajstić information content (AvgIpc) is 2.74. The van der Waals surface area contributed by atoms with Crippen LogP contribution in [0.15, 0.2) is 48.9 Å². The minimum Gasteiger partial charge on any atom is -0.337 e. The van der Waals surface area contributed by atoms with Crippen LogP contribution in [0.5, 0.6) is 0 Å². The molecule has 0 saturated carbocycles. The Labute approximate surface area is 103 Å². The Bertz CT molecular complexity index is 648. The van der Waals surface area contributed by atoms with Crippen molar-refractivity contribution >= 4 is 28.8 Å². The van der Waals surface area contributed by atoms with Gasteiger partial charge in [0.2, 0.25) is 0 Å². The number of anilines is 2. The molecule has 2 heterocycles. The molecule has 5 heteroatoms. The van der Waals surface area contributed by atoms with E-state index in [-0.39, 0.29) is 0 Å². The van der Waals surface area contributed by atoms with E-state index in [0.29, 0.717) is 16.6 Å². The number of halogens is 1. The van der Waals surface area contributed by atoms with Gasteiger partial charge in [-0.15, -0.1) is 0 Å². The third-order valence-electron chi connectivity index (χ3n) is 2.42. The van der Waals surface area contributed by atoms with Crippen molar-refractivity contribution in [2.75, 3.05) is 5.32 Å². The fourth-order valence-corrected chi connectivity index (χ4v) is 1.82. The smallest absolute Gasteiger partial charge is 0.181 e. The Balaban J connectivity index is 2.06. The van der Waals surface area contributed by atoms with Crippen LogP contribution in [0.2, 0.25) is 5.15 Å². The summed E-state index contributed by atoms with van der Waals surface area (Å²) in [5.41, 5.74) is 1.67. The second-order valence-electron chi connectivity index (χ2n) is 3.54. The number of benzene rings is 1. The molecule has 1 aromatic carbocycles. The summed E-state index contributed by atoms with van der Waals surface area (Å²) in [4.78, 5) is 8.48. The van der Waals surface area contributed by atoms with Crippen LogP contribution in [0.4, 0.5) is 11.5 Å². The van der Waals surface area contributed by atoms with Gasteiger partial charge >= 0.3 is 0 Å². The molecule has 0 spiro atoms. The van der Waals surface area contributed by atoms with E-state index < -0.39 is 0 Å². The summed E-state index contributed by atoms with van der Waals surface area (Å²) < 4.78 is 1.78. The number of rotatable bonds is 2. The van der Waals surface area contributed by atoms with Gasteiger partial charge in [-0.1, -0.05) is 29.8 Å². The van der Waals surface area contributed by atoms with Crippen LogP contribution >= 0.6 is 11.6 Å². The molecule has 0 atom stereocenters. The quantitative estimate of drug-likeness (QED) is 0.753. The van der Waals surface area contributed by atoms with E-state index in [1.807, 2.05) is 30.3 Å². The first-order valence-corrected chi connectivity index (χ1v) is 5.52. The van der Waals surface area contributed by atoms with Crippen molar-refractivity contribution in [2.24, 2.45) is 0 Å². The largest absolute Gasteiger partial charge is 0.337 e. The van der Waals surface area contributed by atoms with Crippen LogP contribution in [0, 0.1) is 0 Å². The summed E-state index contributed by atoms with van der Waals surface area (Å²) in [6.07, 6.45) is 5.07. The molecule has 0 bridgehead atoms. The van der Waals surface area contributed by atoms with Gasteiger partial charge in [0.05, 0.1) is 6.20 Å². The Hall–Kier alpha value is -2.07. The van der Waals surface area contributed by atoms with Gasteiger partial charge in [-0.2, -0.15) is 0 Å². The van der Waals surface area contributed by atoms with Crippen molar-refractivity contribution in [1.82, 2.24) is 14.4 Å². The van der Waals surface area contributed by atoms with Crippen LogP contribution in [0.3, 0.4) is 0 Å². The molecule has 0 fully saturated rings. The van der Waals surface area contributed by atoms with Gasteiger partial charge in [0.15, 0.2) is 11.5 Å². The molecule has 0 aliphatic carbocycles. The number of fused-ring (bicyclic) bond motifs is 1. The van der Waals surface area contributed by atoms with E-state index in [2.05, 4.69) is 15.3 Å². The third kappa shape index (κ3) is 1.83.